The molecule has 0 saturated carbocycles. The van der Waals surface area contributed by atoms with Gasteiger partial charge in [0, 0.05) is 18.3 Å². The second-order valence-corrected chi connectivity index (χ2v) is 6.48. The van der Waals surface area contributed by atoms with Crippen LogP contribution < -0.4 is 10.1 Å². The van der Waals surface area contributed by atoms with Gasteiger partial charge in [0.2, 0.25) is 5.91 Å². The Balaban J connectivity index is 1.55. The van der Waals surface area contributed by atoms with Crippen LogP contribution in [0.5, 0.6) is 11.5 Å². The van der Waals surface area contributed by atoms with Gasteiger partial charge in [0.1, 0.15) is 11.5 Å². The van der Waals surface area contributed by atoms with Crippen molar-refractivity contribution >= 4 is 11.6 Å². The first-order valence-electron chi connectivity index (χ1n) is 8.93. The molecule has 0 bridgehead atoms. The van der Waals surface area contributed by atoms with Crippen LogP contribution in [0.25, 0.3) is 0 Å². The zero-order valence-corrected chi connectivity index (χ0v) is 15.6. The molecular weight excluding hydrogens is 350 g/mol. The highest BCUT2D eigenvalue weighted by atomic mass is 16.5. The van der Waals surface area contributed by atoms with E-state index in [-0.39, 0.29) is 12.5 Å². The van der Waals surface area contributed by atoms with Gasteiger partial charge in [0.15, 0.2) is 0 Å². The standard InChI is InChI=1S/C23H21N3O2/c1-26(16-19-8-5-7-18(13-19)15-24)17-23(27)25-20-9-6-12-22(14-20)28-21-10-3-2-4-11-21/h2-14H,16-17H2,1H3,(H,25,27). The second-order valence-electron chi connectivity index (χ2n) is 6.48. The van der Waals surface area contributed by atoms with E-state index in [2.05, 4.69) is 11.4 Å². The summed E-state index contributed by atoms with van der Waals surface area (Å²) >= 11 is 0. The number of nitrogens with one attached hydrogen (secondary N) is 1. The van der Waals surface area contributed by atoms with Crippen LogP contribution in [0.4, 0.5) is 5.69 Å². The van der Waals surface area contributed by atoms with Gasteiger partial charge in [-0.2, -0.15) is 5.26 Å². The number of carbonyl (C=O) groups is 1. The highest BCUT2D eigenvalue weighted by molar-refractivity contribution is 5.92. The Labute approximate surface area is 164 Å². The van der Waals surface area contributed by atoms with E-state index >= 15 is 0 Å². The van der Waals surface area contributed by atoms with Crippen molar-refractivity contribution < 1.29 is 9.53 Å². The van der Waals surface area contributed by atoms with Crippen LogP contribution in [-0.2, 0) is 11.3 Å². The van der Waals surface area contributed by atoms with Crippen molar-refractivity contribution in [3.05, 3.63) is 90.0 Å². The lowest BCUT2D eigenvalue weighted by molar-refractivity contribution is -0.117. The van der Waals surface area contributed by atoms with Gasteiger partial charge in [-0.25, -0.2) is 0 Å². The molecule has 5 nitrogen and oxygen atoms in total. The van der Waals surface area contributed by atoms with Crippen LogP contribution >= 0.6 is 0 Å². The van der Waals surface area contributed by atoms with E-state index in [9.17, 15) is 4.79 Å². The summed E-state index contributed by atoms with van der Waals surface area (Å²) in [4.78, 5) is 14.3. The van der Waals surface area contributed by atoms with Crippen molar-refractivity contribution in [1.82, 2.24) is 4.90 Å². The summed E-state index contributed by atoms with van der Waals surface area (Å²) < 4.78 is 5.79. The van der Waals surface area contributed by atoms with Crippen molar-refractivity contribution in [2.45, 2.75) is 6.54 Å². The molecule has 0 atom stereocenters. The lowest BCUT2D eigenvalue weighted by Crippen LogP contribution is -2.29. The number of nitrogens with zero attached hydrogens (tertiary/aromatic N) is 2. The van der Waals surface area contributed by atoms with Gasteiger partial charge in [0.25, 0.3) is 0 Å². The number of hydrogen-bond donors (Lipinski definition) is 1. The average Bonchev–Trinajstić information content (AvgIpc) is 2.69. The van der Waals surface area contributed by atoms with Gasteiger partial charge in [-0.05, 0) is 49.0 Å². The first-order valence-corrected chi connectivity index (χ1v) is 8.93. The molecule has 28 heavy (non-hydrogen) atoms. The maximum Gasteiger partial charge on any atom is 0.238 e. The zero-order chi connectivity index (χ0) is 19.8. The van der Waals surface area contributed by atoms with E-state index in [1.165, 1.54) is 0 Å². The van der Waals surface area contributed by atoms with Crippen LogP contribution in [0.1, 0.15) is 11.1 Å². The maximum absolute atomic E-state index is 12.4. The van der Waals surface area contributed by atoms with E-state index in [1.807, 2.05) is 78.7 Å². The number of anilines is 1. The Morgan fingerprint density at radius 2 is 1.75 bits per heavy atom. The van der Waals surface area contributed by atoms with Crippen LogP contribution in [0.15, 0.2) is 78.9 Å². The van der Waals surface area contributed by atoms with Gasteiger partial charge in [-0.3, -0.25) is 9.69 Å². The summed E-state index contributed by atoms with van der Waals surface area (Å²) in [5.41, 5.74) is 2.29. The molecule has 0 aromatic heterocycles. The summed E-state index contributed by atoms with van der Waals surface area (Å²) in [5.74, 6) is 1.28. The monoisotopic (exact) mass is 371 g/mol. The third-order valence-electron chi connectivity index (χ3n) is 4.02. The van der Waals surface area contributed by atoms with Crippen LogP contribution in [0.3, 0.4) is 0 Å². The summed E-state index contributed by atoms with van der Waals surface area (Å²) in [6, 6.07) is 26.3. The van der Waals surface area contributed by atoms with Crippen molar-refractivity contribution in [2.75, 3.05) is 18.9 Å². The molecule has 0 aliphatic carbocycles. The molecule has 140 valence electrons. The minimum Gasteiger partial charge on any atom is -0.457 e. The number of rotatable bonds is 7. The molecule has 0 heterocycles. The molecule has 0 radical (unpaired) electrons. The molecule has 3 rings (SSSR count). The van der Waals surface area contributed by atoms with Crippen molar-refractivity contribution in [1.29, 1.82) is 5.26 Å². The molecule has 0 aliphatic heterocycles. The number of ether oxygens (including phenoxy) is 1. The van der Waals surface area contributed by atoms with Crippen LogP contribution in [0.2, 0.25) is 0 Å². The predicted molar refractivity (Wildman–Crippen MR) is 109 cm³/mol. The van der Waals surface area contributed by atoms with Gasteiger partial charge >= 0.3 is 0 Å². The van der Waals surface area contributed by atoms with Gasteiger partial charge in [-0.1, -0.05) is 36.4 Å². The summed E-state index contributed by atoms with van der Waals surface area (Å²) in [5, 5.41) is 11.9. The topological polar surface area (TPSA) is 65.4 Å². The van der Waals surface area contributed by atoms with Crippen molar-refractivity contribution in [3.8, 4) is 17.6 Å². The Kier molecular flexibility index (Phi) is 6.40. The number of carbonyl (C=O) groups excluding carboxylic acids is 1. The third-order valence-corrected chi connectivity index (χ3v) is 4.02. The summed E-state index contributed by atoms with van der Waals surface area (Å²) in [6.45, 7) is 0.820. The quantitative estimate of drug-likeness (QED) is 0.668. The molecule has 0 spiro atoms. The largest absolute Gasteiger partial charge is 0.457 e. The smallest absolute Gasteiger partial charge is 0.238 e. The lowest BCUT2D eigenvalue weighted by atomic mass is 10.1. The van der Waals surface area contributed by atoms with E-state index < -0.39 is 0 Å². The fourth-order valence-corrected chi connectivity index (χ4v) is 2.81. The fourth-order valence-electron chi connectivity index (χ4n) is 2.81. The van der Waals surface area contributed by atoms with Crippen molar-refractivity contribution in [2.24, 2.45) is 0 Å². The number of nitriles is 1. The molecule has 0 saturated heterocycles. The lowest BCUT2D eigenvalue weighted by Gasteiger charge is -2.16. The van der Waals surface area contributed by atoms with Crippen LogP contribution in [-0.4, -0.2) is 24.4 Å². The van der Waals surface area contributed by atoms with Gasteiger partial charge < -0.3 is 10.1 Å². The number of benzene rings is 3. The van der Waals surface area contributed by atoms with E-state index in [0.29, 0.717) is 23.5 Å². The molecule has 3 aromatic carbocycles. The molecule has 5 heteroatoms. The molecule has 0 fully saturated rings. The SMILES string of the molecule is CN(CC(=O)Nc1cccc(Oc2ccccc2)c1)Cc1cccc(C#N)c1. The Bertz CT molecular complexity index is 980. The molecule has 0 aliphatic rings. The fraction of sp³-hybridized carbons (Fsp3) is 0.130. The summed E-state index contributed by atoms with van der Waals surface area (Å²) in [7, 11) is 1.87. The summed E-state index contributed by atoms with van der Waals surface area (Å²) in [6.07, 6.45) is 0. The van der Waals surface area contributed by atoms with E-state index in [4.69, 9.17) is 10.00 Å². The van der Waals surface area contributed by atoms with E-state index in [1.54, 1.807) is 12.1 Å². The number of hydrogen-bond acceptors (Lipinski definition) is 4. The first-order chi connectivity index (χ1) is 13.6. The normalized spacial score (nSPS) is 10.3. The Morgan fingerprint density at radius 3 is 2.54 bits per heavy atom. The zero-order valence-electron chi connectivity index (χ0n) is 15.6. The maximum atomic E-state index is 12.4. The minimum atomic E-state index is -0.115. The number of likely N-dealkylation sites (N-methyl/N-ethyl adjacent to an activating group) is 1. The van der Waals surface area contributed by atoms with Gasteiger partial charge in [-0.15, -0.1) is 0 Å². The first kappa shape index (κ1) is 19.2. The van der Waals surface area contributed by atoms with Gasteiger partial charge in [0.05, 0.1) is 18.2 Å². The minimum absolute atomic E-state index is 0.115. The highest BCUT2D eigenvalue weighted by Crippen LogP contribution is 2.23. The third kappa shape index (κ3) is 5.70. The number of para-hydroxylation sites is 1. The molecule has 3 aromatic rings. The number of amides is 1. The molecule has 1 N–H and O–H groups in total. The molecular formula is C23H21N3O2. The Hall–Kier alpha value is -3.62. The van der Waals surface area contributed by atoms with Crippen molar-refractivity contribution in [3.63, 3.8) is 0 Å². The Morgan fingerprint density at radius 1 is 1.00 bits per heavy atom. The average molecular weight is 371 g/mol. The van der Waals surface area contributed by atoms with E-state index in [0.717, 1.165) is 11.3 Å². The molecule has 1 amide bonds. The molecule has 0 unspecified atom stereocenters. The highest BCUT2D eigenvalue weighted by Gasteiger charge is 2.09. The second kappa shape index (κ2) is 9.36. The van der Waals surface area contributed by atoms with Crippen LogP contribution in [0, 0.1) is 11.3 Å². The predicted octanol–water partition coefficient (Wildman–Crippen LogP) is 4.42.